The van der Waals surface area contributed by atoms with Crippen molar-refractivity contribution in [1.82, 2.24) is 4.90 Å². The number of likely N-dealkylation sites (tertiary alicyclic amines) is 1. The zero-order valence-electron chi connectivity index (χ0n) is 15.1. The third-order valence-electron chi connectivity index (χ3n) is 5.54. The van der Waals surface area contributed by atoms with Crippen LogP contribution < -0.4 is 0 Å². The number of hydrogen-bond donors (Lipinski definition) is 3. The van der Waals surface area contributed by atoms with Crippen LogP contribution in [0.4, 0.5) is 4.79 Å². The summed E-state index contributed by atoms with van der Waals surface area (Å²) in [5.41, 5.74) is 4.30. The van der Waals surface area contributed by atoms with E-state index in [-0.39, 0.29) is 25.5 Å². The lowest BCUT2D eigenvalue weighted by molar-refractivity contribution is -0.155. The van der Waals surface area contributed by atoms with Crippen molar-refractivity contribution < 1.29 is 29.6 Å². The fourth-order valence-corrected chi connectivity index (χ4v) is 4.14. The van der Waals surface area contributed by atoms with Gasteiger partial charge in [-0.05, 0) is 28.7 Å². The lowest BCUT2D eigenvalue weighted by Gasteiger charge is -2.38. The first-order chi connectivity index (χ1) is 13.5. The lowest BCUT2D eigenvalue weighted by atomic mass is 9.96. The summed E-state index contributed by atoms with van der Waals surface area (Å²) in [4.78, 5) is 25.1. The predicted molar refractivity (Wildman–Crippen MR) is 99.8 cm³/mol. The highest BCUT2D eigenvalue weighted by molar-refractivity contribution is 5.82. The second kappa shape index (κ2) is 7.26. The van der Waals surface area contributed by atoms with Crippen molar-refractivity contribution >= 4 is 12.1 Å². The van der Waals surface area contributed by atoms with Gasteiger partial charge in [-0.3, -0.25) is 4.90 Å². The number of carboxylic acid groups (broad SMARTS) is 1. The van der Waals surface area contributed by atoms with E-state index < -0.39 is 30.3 Å². The molecular weight excluding hydrogens is 362 g/mol. The maximum atomic E-state index is 12.6. The highest BCUT2D eigenvalue weighted by Gasteiger charge is 2.44. The molecule has 1 aliphatic heterocycles. The molecule has 4 rings (SSSR count). The largest absolute Gasteiger partial charge is 0.480 e. The van der Waals surface area contributed by atoms with Crippen LogP contribution in [0.1, 0.15) is 23.5 Å². The van der Waals surface area contributed by atoms with Crippen molar-refractivity contribution in [1.29, 1.82) is 0 Å². The molecule has 0 spiro atoms. The molecule has 1 fully saturated rings. The van der Waals surface area contributed by atoms with Gasteiger partial charge < -0.3 is 20.1 Å². The molecule has 7 nitrogen and oxygen atoms in total. The van der Waals surface area contributed by atoms with E-state index in [1.54, 1.807) is 0 Å². The average Bonchev–Trinajstić information content (AvgIpc) is 3.01. The summed E-state index contributed by atoms with van der Waals surface area (Å²) in [7, 11) is 0. The second-order valence-corrected chi connectivity index (χ2v) is 7.13. The number of rotatable bonds is 3. The number of ether oxygens (including phenoxy) is 1. The van der Waals surface area contributed by atoms with E-state index in [2.05, 4.69) is 0 Å². The Morgan fingerprint density at radius 1 is 1.00 bits per heavy atom. The molecule has 3 atom stereocenters. The molecule has 1 saturated heterocycles. The molecule has 2 aliphatic rings. The van der Waals surface area contributed by atoms with Gasteiger partial charge in [0.25, 0.3) is 0 Å². The predicted octanol–water partition coefficient (Wildman–Crippen LogP) is 1.82. The van der Waals surface area contributed by atoms with Gasteiger partial charge in [-0.2, -0.15) is 0 Å². The maximum absolute atomic E-state index is 12.6. The minimum Gasteiger partial charge on any atom is -0.480 e. The Hall–Kier alpha value is -2.90. The number of piperidine rings is 1. The topological polar surface area (TPSA) is 107 Å². The average molecular weight is 383 g/mol. The number of carbonyl (C=O) groups is 2. The van der Waals surface area contributed by atoms with Gasteiger partial charge in [0.15, 0.2) is 6.04 Å². The zero-order valence-corrected chi connectivity index (χ0v) is 15.1. The van der Waals surface area contributed by atoms with Gasteiger partial charge in [0, 0.05) is 12.5 Å². The summed E-state index contributed by atoms with van der Waals surface area (Å²) in [6.07, 6.45) is -3.44. The first-order valence-electron chi connectivity index (χ1n) is 9.19. The molecule has 1 aliphatic carbocycles. The Kier molecular flexibility index (Phi) is 4.78. The summed E-state index contributed by atoms with van der Waals surface area (Å²) in [5, 5.41) is 29.1. The van der Waals surface area contributed by atoms with Crippen LogP contribution in [0.2, 0.25) is 0 Å². The van der Waals surface area contributed by atoms with Crippen molar-refractivity contribution in [2.75, 3.05) is 13.2 Å². The lowest BCUT2D eigenvalue weighted by Crippen LogP contribution is -2.60. The number of aliphatic carboxylic acids is 1. The van der Waals surface area contributed by atoms with E-state index in [0.717, 1.165) is 27.2 Å². The van der Waals surface area contributed by atoms with Crippen LogP contribution in [0.15, 0.2) is 48.5 Å². The van der Waals surface area contributed by atoms with Gasteiger partial charge >= 0.3 is 12.1 Å². The van der Waals surface area contributed by atoms with Crippen LogP contribution in [0.25, 0.3) is 11.1 Å². The van der Waals surface area contributed by atoms with E-state index in [9.17, 15) is 24.9 Å². The van der Waals surface area contributed by atoms with E-state index in [1.807, 2.05) is 48.5 Å². The smallest absolute Gasteiger partial charge is 0.410 e. The Morgan fingerprint density at radius 3 is 2.14 bits per heavy atom. The Morgan fingerprint density at radius 2 is 1.57 bits per heavy atom. The third kappa shape index (κ3) is 3.02. The maximum Gasteiger partial charge on any atom is 0.410 e. The van der Waals surface area contributed by atoms with Crippen LogP contribution in [-0.2, 0) is 9.53 Å². The number of carbonyl (C=O) groups excluding carboxylic acids is 1. The molecule has 1 amide bonds. The summed E-state index contributed by atoms with van der Waals surface area (Å²) in [5.74, 6) is -1.51. The molecule has 2 aromatic rings. The van der Waals surface area contributed by atoms with Crippen molar-refractivity contribution in [2.24, 2.45) is 0 Å². The number of amides is 1. The molecule has 0 bridgehead atoms. The first kappa shape index (κ1) is 18.5. The van der Waals surface area contributed by atoms with E-state index in [0.29, 0.717) is 0 Å². The number of aliphatic hydroxyl groups is 2. The van der Waals surface area contributed by atoms with E-state index >= 15 is 0 Å². The summed E-state index contributed by atoms with van der Waals surface area (Å²) in [6, 6.07) is 14.3. The Balaban J connectivity index is 1.53. The van der Waals surface area contributed by atoms with Crippen LogP contribution in [0, 0.1) is 0 Å². The van der Waals surface area contributed by atoms with Crippen LogP contribution in [0.3, 0.4) is 0 Å². The summed E-state index contributed by atoms with van der Waals surface area (Å²) in [6.45, 7) is 0.0697. The Bertz CT molecular complexity index is 868. The number of carboxylic acids is 1. The SMILES string of the molecule is O=C(O)C1[C@H](O)[C@H](O)CCN1C(=O)OCC1c2ccccc2-c2ccccc21. The number of nitrogens with zero attached hydrogens (tertiary/aromatic N) is 1. The van der Waals surface area contributed by atoms with E-state index in [1.165, 1.54) is 0 Å². The molecule has 146 valence electrons. The first-order valence-corrected chi connectivity index (χ1v) is 9.19. The molecule has 0 aromatic heterocycles. The normalized spacial score (nSPS) is 23.8. The summed E-state index contributed by atoms with van der Waals surface area (Å²) < 4.78 is 5.47. The second-order valence-electron chi connectivity index (χ2n) is 7.13. The zero-order chi connectivity index (χ0) is 19.8. The van der Waals surface area contributed by atoms with Crippen molar-refractivity contribution in [3.63, 3.8) is 0 Å². The van der Waals surface area contributed by atoms with Gasteiger partial charge in [-0.25, -0.2) is 9.59 Å². The molecule has 0 radical (unpaired) electrons. The van der Waals surface area contributed by atoms with Crippen molar-refractivity contribution in [2.45, 2.75) is 30.6 Å². The highest BCUT2D eigenvalue weighted by atomic mass is 16.6. The molecule has 28 heavy (non-hydrogen) atoms. The minimum atomic E-state index is -1.55. The van der Waals surface area contributed by atoms with Gasteiger partial charge in [0.2, 0.25) is 0 Å². The standard InChI is InChI=1S/C21H21NO6/c23-17-9-10-22(18(19(17)24)20(25)26)21(27)28-11-16-14-7-3-1-5-12(14)13-6-2-4-8-15(13)16/h1-8,16-19,23-24H,9-11H2,(H,25,26)/t17-,18?,19-/m1/s1. The van der Waals surface area contributed by atoms with Gasteiger partial charge in [-0.15, -0.1) is 0 Å². The van der Waals surface area contributed by atoms with Gasteiger partial charge in [0.05, 0.1) is 6.10 Å². The van der Waals surface area contributed by atoms with E-state index in [4.69, 9.17) is 4.74 Å². The van der Waals surface area contributed by atoms with Crippen molar-refractivity contribution in [3.05, 3.63) is 59.7 Å². The Labute approximate surface area is 161 Å². The molecular formula is C21H21NO6. The van der Waals surface area contributed by atoms with Gasteiger partial charge in [-0.1, -0.05) is 48.5 Å². The quantitative estimate of drug-likeness (QED) is 0.746. The molecule has 0 saturated carbocycles. The number of hydrogen-bond acceptors (Lipinski definition) is 5. The monoisotopic (exact) mass is 383 g/mol. The number of aliphatic hydroxyl groups excluding tert-OH is 2. The van der Waals surface area contributed by atoms with Crippen LogP contribution >= 0.6 is 0 Å². The minimum absolute atomic E-state index is 0.00582. The highest BCUT2D eigenvalue weighted by Crippen LogP contribution is 2.44. The van der Waals surface area contributed by atoms with Gasteiger partial charge in [0.1, 0.15) is 12.7 Å². The van der Waals surface area contributed by atoms with Crippen LogP contribution in [0.5, 0.6) is 0 Å². The fraction of sp³-hybridized carbons (Fsp3) is 0.333. The third-order valence-corrected chi connectivity index (χ3v) is 5.54. The molecule has 2 aromatic carbocycles. The summed E-state index contributed by atoms with van der Waals surface area (Å²) >= 11 is 0. The number of fused-ring (bicyclic) bond motifs is 3. The van der Waals surface area contributed by atoms with Crippen LogP contribution in [-0.4, -0.2) is 63.7 Å². The molecule has 1 heterocycles. The fourth-order valence-electron chi connectivity index (χ4n) is 4.14. The van der Waals surface area contributed by atoms with Crippen molar-refractivity contribution in [3.8, 4) is 11.1 Å². The molecule has 3 N–H and O–H groups in total. The molecule has 1 unspecified atom stereocenters. The molecule has 7 heteroatoms. The number of benzene rings is 2.